The fourth-order valence-electron chi connectivity index (χ4n) is 4.71. The molecule has 172 valence electrons. The Kier molecular flexibility index (Phi) is 6.17. The first kappa shape index (κ1) is 23.2. The number of ether oxygens (including phenoxy) is 1. The van der Waals surface area contributed by atoms with Crippen LogP contribution in [0.3, 0.4) is 0 Å². The zero-order valence-electron chi connectivity index (χ0n) is 19.7. The number of aromatic nitrogens is 1. The summed E-state index contributed by atoms with van der Waals surface area (Å²) < 4.78 is 18.9. The molecule has 7 heteroatoms. The number of nitriles is 1. The van der Waals surface area contributed by atoms with Gasteiger partial charge in [-0.15, -0.1) is 0 Å². The highest BCUT2D eigenvalue weighted by atomic mass is 32.2. The van der Waals surface area contributed by atoms with Gasteiger partial charge in [0.2, 0.25) is 0 Å². The number of nitrogens with one attached hydrogen (secondary N) is 1. The lowest BCUT2D eigenvalue weighted by Gasteiger charge is -2.33. The van der Waals surface area contributed by atoms with Crippen LogP contribution in [-0.2, 0) is 16.2 Å². The molecule has 1 N–H and O–H groups in total. The number of H-pyrrole nitrogens is 1. The van der Waals surface area contributed by atoms with Crippen molar-refractivity contribution in [2.45, 2.75) is 38.0 Å². The lowest BCUT2D eigenvalue weighted by molar-refractivity contribution is 0.103. The number of nitrogens with zero attached hydrogens (tertiary/aromatic N) is 2. The van der Waals surface area contributed by atoms with Gasteiger partial charge in [-0.3, -0.25) is 9.00 Å². The van der Waals surface area contributed by atoms with Crippen LogP contribution in [0.15, 0.2) is 35.2 Å². The number of ketones is 1. The third-order valence-electron chi connectivity index (χ3n) is 6.73. The molecule has 4 rings (SSSR count). The minimum atomic E-state index is -1.30. The van der Waals surface area contributed by atoms with Crippen molar-refractivity contribution in [2.24, 2.45) is 0 Å². The van der Waals surface area contributed by atoms with Crippen molar-refractivity contribution in [1.82, 2.24) is 9.88 Å². The van der Waals surface area contributed by atoms with E-state index in [0.29, 0.717) is 39.6 Å². The highest BCUT2D eigenvalue weighted by molar-refractivity contribution is 7.85. The van der Waals surface area contributed by atoms with E-state index in [1.807, 2.05) is 12.1 Å². The zero-order chi connectivity index (χ0) is 23.9. The fourth-order valence-corrected chi connectivity index (χ4v) is 5.97. The van der Waals surface area contributed by atoms with Gasteiger partial charge in [0.15, 0.2) is 5.78 Å². The molecule has 0 radical (unpaired) electrons. The summed E-state index contributed by atoms with van der Waals surface area (Å²) in [5.41, 5.74) is 3.65. The average Bonchev–Trinajstić information content (AvgIpc) is 3.22. The molecule has 2 aromatic carbocycles. The van der Waals surface area contributed by atoms with Crippen molar-refractivity contribution in [3.05, 3.63) is 58.3 Å². The van der Waals surface area contributed by atoms with Crippen molar-refractivity contribution >= 4 is 27.5 Å². The van der Waals surface area contributed by atoms with E-state index in [-0.39, 0.29) is 5.78 Å². The number of hydrogen-bond acceptors (Lipinski definition) is 5. The SMILES string of the molecule is CCN(CC)CCS(=O)c1cc2c(cc1OC)C(C)(C)c1[nH]c3cc(C#N)ccc3c1C2=O. The van der Waals surface area contributed by atoms with Crippen LogP contribution in [0.4, 0.5) is 0 Å². The third-order valence-corrected chi connectivity index (χ3v) is 8.10. The molecule has 0 spiro atoms. The number of methoxy groups -OCH3 is 1. The summed E-state index contributed by atoms with van der Waals surface area (Å²) in [4.78, 5) is 19.9. The highest BCUT2D eigenvalue weighted by Crippen LogP contribution is 2.46. The van der Waals surface area contributed by atoms with Crippen LogP contribution >= 0.6 is 0 Å². The van der Waals surface area contributed by atoms with E-state index < -0.39 is 16.2 Å². The first-order valence-electron chi connectivity index (χ1n) is 11.2. The van der Waals surface area contributed by atoms with E-state index in [1.54, 1.807) is 25.3 Å². The number of hydrogen-bond donors (Lipinski definition) is 1. The summed E-state index contributed by atoms with van der Waals surface area (Å²) in [7, 11) is 0.273. The van der Waals surface area contributed by atoms with E-state index in [1.165, 1.54) is 0 Å². The van der Waals surface area contributed by atoms with Crippen LogP contribution < -0.4 is 4.74 Å². The topological polar surface area (TPSA) is 86.2 Å². The Hall–Kier alpha value is -2.95. The lowest BCUT2D eigenvalue weighted by Crippen LogP contribution is -2.31. The summed E-state index contributed by atoms with van der Waals surface area (Å²) in [5.74, 6) is 0.919. The van der Waals surface area contributed by atoms with E-state index >= 15 is 0 Å². The molecule has 3 aromatic rings. The van der Waals surface area contributed by atoms with E-state index in [0.717, 1.165) is 35.2 Å². The van der Waals surface area contributed by atoms with Gasteiger partial charge in [-0.1, -0.05) is 33.8 Å². The van der Waals surface area contributed by atoms with Gasteiger partial charge >= 0.3 is 0 Å². The zero-order valence-corrected chi connectivity index (χ0v) is 20.6. The average molecular weight is 464 g/mol. The van der Waals surface area contributed by atoms with Gasteiger partial charge < -0.3 is 14.6 Å². The second kappa shape index (κ2) is 8.77. The molecule has 0 fully saturated rings. The molecule has 1 aliphatic carbocycles. The highest BCUT2D eigenvalue weighted by Gasteiger charge is 2.40. The summed E-state index contributed by atoms with van der Waals surface area (Å²) in [6, 6.07) is 11.1. The fraction of sp³-hybridized carbons (Fsp3) is 0.385. The van der Waals surface area contributed by atoms with Gasteiger partial charge in [0.1, 0.15) is 5.75 Å². The Labute approximate surface area is 197 Å². The van der Waals surface area contributed by atoms with E-state index in [4.69, 9.17) is 4.74 Å². The molecule has 1 aliphatic rings. The minimum Gasteiger partial charge on any atom is -0.495 e. The third kappa shape index (κ3) is 3.77. The summed E-state index contributed by atoms with van der Waals surface area (Å²) in [5, 5.41) is 10.1. The normalized spacial score (nSPS) is 15.2. The van der Waals surface area contributed by atoms with Crippen molar-refractivity contribution in [3.8, 4) is 11.8 Å². The monoisotopic (exact) mass is 463 g/mol. The smallest absolute Gasteiger partial charge is 0.195 e. The molecule has 1 unspecified atom stereocenters. The van der Waals surface area contributed by atoms with Crippen LogP contribution in [0, 0.1) is 11.3 Å². The molecule has 1 aromatic heterocycles. The number of fused-ring (bicyclic) bond motifs is 4. The molecule has 1 atom stereocenters. The second-order valence-electron chi connectivity index (χ2n) is 8.83. The predicted octanol–water partition coefficient (Wildman–Crippen LogP) is 4.37. The number of carbonyl (C=O) groups is 1. The Morgan fingerprint density at radius 2 is 1.91 bits per heavy atom. The Morgan fingerprint density at radius 3 is 2.55 bits per heavy atom. The standard InChI is InChI=1S/C26H29N3O3S/c1-6-29(7-2)10-11-33(31)22-13-18-19(14-21(22)32-5)26(3,4)25-23(24(18)30)17-9-8-16(15-27)12-20(17)28-25/h8-9,12-14,28H,6-7,10-11H2,1-5H3. The molecule has 0 saturated heterocycles. The molecule has 0 saturated carbocycles. The maximum absolute atomic E-state index is 13.7. The maximum Gasteiger partial charge on any atom is 0.195 e. The van der Waals surface area contributed by atoms with Gasteiger partial charge in [-0.25, -0.2) is 0 Å². The number of aromatic amines is 1. The molecule has 6 nitrogen and oxygen atoms in total. The van der Waals surface area contributed by atoms with Crippen LogP contribution in [0.5, 0.6) is 5.75 Å². The molecular formula is C26H29N3O3S. The largest absolute Gasteiger partial charge is 0.495 e. The van der Waals surface area contributed by atoms with Crippen molar-refractivity contribution in [2.75, 3.05) is 32.5 Å². The maximum atomic E-state index is 13.7. The summed E-state index contributed by atoms with van der Waals surface area (Å²) in [6.45, 7) is 10.8. The van der Waals surface area contributed by atoms with Crippen LogP contribution in [0.1, 0.15) is 60.4 Å². The van der Waals surface area contributed by atoms with Gasteiger partial charge in [-0.2, -0.15) is 5.26 Å². The summed E-state index contributed by atoms with van der Waals surface area (Å²) >= 11 is 0. The second-order valence-corrected chi connectivity index (χ2v) is 10.4. The Morgan fingerprint density at radius 1 is 1.18 bits per heavy atom. The quantitative estimate of drug-likeness (QED) is 0.562. The first-order chi connectivity index (χ1) is 15.8. The van der Waals surface area contributed by atoms with Gasteiger partial charge in [0, 0.05) is 39.9 Å². The predicted molar refractivity (Wildman–Crippen MR) is 131 cm³/mol. The Balaban J connectivity index is 1.84. The van der Waals surface area contributed by atoms with Crippen molar-refractivity contribution in [1.29, 1.82) is 5.26 Å². The lowest BCUT2D eigenvalue weighted by atomic mass is 9.71. The molecule has 0 amide bonds. The van der Waals surface area contributed by atoms with Gasteiger partial charge in [-0.05, 0) is 42.9 Å². The summed E-state index contributed by atoms with van der Waals surface area (Å²) in [6.07, 6.45) is 0. The van der Waals surface area contributed by atoms with E-state index in [2.05, 4.69) is 43.6 Å². The molecule has 1 heterocycles. The van der Waals surface area contributed by atoms with Gasteiger partial charge in [0.25, 0.3) is 0 Å². The number of carbonyl (C=O) groups excluding carboxylic acids is 1. The van der Waals surface area contributed by atoms with Crippen LogP contribution in [0.25, 0.3) is 10.9 Å². The number of benzene rings is 2. The first-order valence-corrected chi connectivity index (χ1v) is 12.5. The Bertz CT molecular complexity index is 1310. The number of rotatable bonds is 7. The van der Waals surface area contributed by atoms with Crippen LogP contribution in [0.2, 0.25) is 0 Å². The molecule has 0 bridgehead atoms. The van der Waals surface area contributed by atoms with E-state index in [9.17, 15) is 14.3 Å². The van der Waals surface area contributed by atoms with Gasteiger partial charge in [0.05, 0.1) is 40.0 Å². The molecule has 0 aliphatic heterocycles. The van der Waals surface area contributed by atoms with Crippen molar-refractivity contribution in [3.63, 3.8) is 0 Å². The minimum absolute atomic E-state index is 0.0973. The van der Waals surface area contributed by atoms with Crippen molar-refractivity contribution < 1.29 is 13.7 Å². The van der Waals surface area contributed by atoms with Crippen LogP contribution in [-0.4, -0.2) is 52.4 Å². The molecular weight excluding hydrogens is 434 g/mol. The molecule has 33 heavy (non-hydrogen) atoms.